The number of halogens is 1. The minimum absolute atomic E-state index is 0.109. The normalized spacial score (nSPS) is 25.7. The maximum absolute atomic E-state index is 10.6. The zero-order valence-corrected chi connectivity index (χ0v) is 17.0. The van der Waals surface area contributed by atoms with Crippen molar-refractivity contribution in [3.63, 3.8) is 0 Å². The quantitative estimate of drug-likeness (QED) is 0.583. The summed E-state index contributed by atoms with van der Waals surface area (Å²) in [7, 11) is 0. The van der Waals surface area contributed by atoms with Gasteiger partial charge in [-0.2, -0.15) is 0 Å². The molecule has 2 aromatic carbocycles. The van der Waals surface area contributed by atoms with Gasteiger partial charge in [-0.3, -0.25) is 0 Å². The van der Waals surface area contributed by atoms with Crippen LogP contribution in [0, 0.1) is 5.41 Å². The van der Waals surface area contributed by atoms with E-state index in [2.05, 4.69) is 12.1 Å². The number of ether oxygens (including phenoxy) is 3. The molecule has 0 aromatic heterocycles. The molecule has 2 saturated heterocycles. The fourth-order valence-electron chi connectivity index (χ4n) is 4.39. The Kier molecular flexibility index (Phi) is 5.81. The summed E-state index contributed by atoms with van der Waals surface area (Å²) in [6.45, 7) is 0.917. The number of carboxylic acids is 1. The van der Waals surface area contributed by atoms with Gasteiger partial charge in [0.25, 0.3) is 0 Å². The van der Waals surface area contributed by atoms with Gasteiger partial charge in [0, 0.05) is 11.6 Å². The van der Waals surface area contributed by atoms with Gasteiger partial charge in [0.2, 0.25) is 0 Å². The highest BCUT2D eigenvalue weighted by Crippen LogP contribution is 2.55. The highest BCUT2D eigenvalue weighted by molar-refractivity contribution is 6.30. The molecule has 1 saturated carbocycles. The number of rotatable bonds is 8. The second kappa shape index (κ2) is 8.34. The van der Waals surface area contributed by atoms with Crippen LogP contribution in [0.1, 0.15) is 37.7 Å². The van der Waals surface area contributed by atoms with Crippen molar-refractivity contribution in [1.82, 2.24) is 0 Å². The third kappa shape index (κ3) is 4.58. The van der Waals surface area contributed by atoms with Gasteiger partial charge in [-0.25, -0.2) is 4.79 Å². The molecule has 5 rings (SSSR count). The summed E-state index contributed by atoms with van der Waals surface area (Å²) in [5, 5.41) is 9.38. The second-order valence-electron chi connectivity index (χ2n) is 8.06. The summed E-state index contributed by atoms with van der Waals surface area (Å²) in [5.41, 5.74) is 1.00. The standard InChI is InChI=1S/C23H25ClO5/c24-18-4-6-19(7-5-18)29-20-3-1-2-17(14-20)23-10-8-22(9-11-23,16-28-23)12-13-27-15-21(25)26/h1-7,14H,8-13,15-16H2,(H,25,26). The lowest BCUT2D eigenvalue weighted by Gasteiger charge is -2.53. The Morgan fingerprint density at radius 3 is 2.48 bits per heavy atom. The summed E-state index contributed by atoms with van der Waals surface area (Å²) in [6, 6.07) is 15.5. The first kappa shape index (κ1) is 20.2. The minimum Gasteiger partial charge on any atom is -0.480 e. The van der Waals surface area contributed by atoms with E-state index >= 15 is 0 Å². The van der Waals surface area contributed by atoms with E-state index in [-0.39, 0.29) is 17.6 Å². The Bertz CT molecular complexity index is 839. The molecule has 0 radical (unpaired) electrons. The van der Waals surface area contributed by atoms with E-state index in [9.17, 15) is 4.79 Å². The van der Waals surface area contributed by atoms with Gasteiger partial charge >= 0.3 is 5.97 Å². The number of carbonyl (C=O) groups is 1. The highest BCUT2D eigenvalue weighted by atomic mass is 35.5. The summed E-state index contributed by atoms with van der Waals surface area (Å²) in [6.07, 6.45) is 4.88. The third-order valence-corrected chi connectivity index (χ3v) is 6.44. The van der Waals surface area contributed by atoms with Crippen LogP contribution in [0.25, 0.3) is 0 Å². The number of hydrogen-bond acceptors (Lipinski definition) is 4. The van der Waals surface area contributed by atoms with Crippen molar-refractivity contribution in [3.05, 3.63) is 59.1 Å². The average Bonchev–Trinajstić information content (AvgIpc) is 2.74. The Hall–Kier alpha value is -2.08. The molecule has 0 spiro atoms. The molecule has 3 aliphatic rings. The van der Waals surface area contributed by atoms with Crippen LogP contribution in [0.3, 0.4) is 0 Å². The number of hydrogen-bond donors (Lipinski definition) is 1. The molecule has 0 atom stereocenters. The Morgan fingerprint density at radius 1 is 1.07 bits per heavy atom. The van der Waals surface area contributed by atoms with Crippen LogP contribution in [-0.4, -0.2) is 30.9 Å². The fraction of sp³-hybridized carbons (Fsp3) is 0.435. The van der Waals surface area contributed by atoms with Crippen LogP contribution < -0.4 is 4.74 Å². The van der Waals surface area contributed by atoms with E-state index in [1.165, 1.54) is 0 Å². The van der Waals surface area contributed by atoms with E-state index in [1.54, 1.807) is 0 Å². The van der Waals surface area contributed by atoms with Crippen LogP contribution in [0.15, 0.2) is 48.5 Å². The highest BCUT2D eigenvalue weighted by Gasteiger charge is 2.50. The van der Waals surface area contributed by atoms with E-state index < -0.39 is 5.97 Å². The van der Waals surface area contributed by atoms with Crippen molar-refractivity contribution >= 4 is 17.6 Å². The van der Waals surface area contributed by atoms with Crippen molar-refractivity contribution in [2.45, 2.75) is 37.7 Å². The lowest BCUT2D eigenvalue weighted by Crippen LogP contribution is -2.49. The molecule has 2 bridgehead atoms. The summed E-state index contributed by atoms with van der Waals surface area (Å²) in [4.78, 5) is 10.6. The lowest BCUT2D eigenvalue weighted by molar-refractivity contribution is -0.194. The molecule has 154 valence electrons. The Balaban J connectivity index is 1.40. The van der Waals surface area contributed by atoms with Crippen molar-refractivity contribution in [2.24, 2.45) is 5.41 Å². The van der Waals surface area contributed by atoms with Crippen LogP contribution in [0.5, 0.6) is 11.5 Å². The molecule has 0 amide bonds. The van der Waals surface area contributed by atoms with Gasteiger partial charge < -0.3 is 19.3 Å². The van der Waals surface area contributed by atoms with Gasteiger partial charge in [0.15, 0.2) is 0 Å². The maximum atomic E-state index is 10.6. The zero-order chi connectivity index (χ0) is 20.3. The van der Waals surface area contributed by atoms with E-state index in [4.69, 9.17) is 30.9 Å². The molecule has 2 heterocycles. The molecule has 3 fully saturated rings. The number of fused-ring (bicyclic) bond motifs is 3. The van der Waals surface area contributed by atoms with Gasteiger partial charge in [-0.05, 0) is 79.5 Å². The first-order valence-electron chi connectivity index (χ1n) is 9.96. The first-order chi connectivity index (χ1) is 14.0. The molecule has 2 aromatic rings. The minimum atomic E-state index is -0.925. The van der Waals surface area contributed by atoms with Crippen LogP contribution in [0.4, 0.5) is 0 Å². The van der Waals surface area contributed by atoms with E-state index in [0.29, 0.717) is 18.2 Å². The van der Waals surface area contributed by atoms with Gasteiger partial charge in [-0.15, -0.1) is 0 Å². The smallest absolute Gasteiger partial charge is 0.329 e. The average molecular weight is 417 g/mol. The second-order valence-corrected chi connectivity index (χ2v) is 8.50. The van der Waals surface area contributed by atoms with Gasteiger partial charge in [0.05, 0.1) is 12.2 Å². The van der Waals surface area contributed by atoms with Crippen LogP contribution >= 0.6 is 11.6 Å². The Labute approximate surface area is 175 Å². The van der Waals surface area contributed by atoms with Gasteiger partial charge in [-0.1, -0.05) is 23.7 Å². The van der Waals surface area contributed by atoms with Crippen molar-refractivity contribution < 1.29 is 24.1 Å². The van der Waals surface area contributed by atoms with Crippen LogP contribution in [0.2, 0.25) is 5.02 Å². The molecule has 5 nitrogen and oxygen atoms in total. The predicted molar refractivity (Wildman–Crippen MR) is 110 cm³/mol. The number of carboxylic acid groups (broad SMARTS) is 1. The lowest BCUT2D eigenvalue weighted by atomic mass is 9.63. The third-order valence-electron chi connectivity index (χ3n) is 6.18. The maximum Gasteiger partial charge on any atom is 0.329 e. The van der Waals surface area contributed by atoms with Crippen molar-refractivity contribution in [2.75, 3.05) is 19.8 Å². The molecular weight excluding hydrogens is 392 g/mol. The summed E-state index contributed by atoms with van der Waals surface area (Å²) < 4.78 is 17.7. The van der Waals surface area contributed by atoms with E-state index in [0.717, 1.165) is 49.2 Å². The van der Waals surface area contributed by atoms with Gasteiger partial charge in [0.1, 0.15) is 18.1 Å². The largest absolute Gasteiger partial charge is 0.480 e. The fourth-order valence-corrected chi connectivity index (χ4v) is 4.51. The first-order valence-corrected chi connectivity index (χ1v) is 10.3. The van der Waals surface area contributed by atoms with Crippen LogP contribution in [-0.2, 0) is 19.9 Å². The molecule has 1 N–H and O–H groups in total. The zero-order valence-electron chi connectivity index (χ0n) is 16.2. The van der Waals surface area contributed by atoms with E-state index in [1.807, 2.05) is 36.4 Å². The molecule has 6 heteroatoms. The molecular formula is C23H25ClO5. The summed E-state index contributed by atoms with van der Waals surface area (Å²) >= 11 is 5.94. The van der Waals surface area contributed by atoms with Crippen molar-refractivity contribution in [3.8, 4) is 11.5 Å². The van der Waals surface area contributed by atoms with Crippen molar-refractivity contribution in [1.29, 1.82) is 0 Å². The molecule has 2 aliphatic heterocycles. The topological polar surface area (TPSA) is 65.0 Å². The molecule has 0 unspecified atom stereocenters. The predicted octanol–water partition coefficient (Wildman–Crippen LogP) is 5.41. The molecule has 1 aliphatic carbocycles. The molecule has 29 heavy (non-hydrogen) atoms. The Morgan fingerprint density at radius 2 is 1.83 bits per heavy atom. The number of benzene rings is 2. The SMILES string of the molecule is O=C(O)COCCC12CCC(c3cccc(Oc4ccc(Cl)cc4)c3)(CC1)OC2. The monoisotopic (exact) mass is 416 g/mol. The number of aliphatic carboxylic acids is 1. The summed E-state index contributed by atoms with van der Waals surface area (Å²) in [5.74, 6) is 0.607.